The molecule has 0 amide bonds. The van der Waals surface area contributed by atoms with Gasteiger partial charge in [0.2, 0.25) is 0 Å². The van der Waals surface area contributed by atoms with Crippen LogP contribution in [-0.2, 0) is 6.42 Å². The lowest BCUT2D eigenvalue weighted by Crippen LogP contribution is -2.25. The Balaban J connectivity index is 2.23. The average molecular weight is 196 g/mol. The van der Waals surface area contributed by atoms with E-state index in [-0.39, 0.29) is 0 Å². The zero-order valence-corrected chi connectivity index (χ0v) is 9.03. The Hall–Kier alpha value is -0.670. The first-order valence-corrected chi connectivity index (χ1v) is 5.37. The molecule has 0 bridgehead atoms. The molecule has 13 heavy (non-hydrogen) atoms. The SMILES string of the molecule is C=CC(C)NCCc1csc(C)n1. The topological polar surface area (TPSA) is 24.9 Å². The number of nitrogens with one attached hydrogen (secondary N) is 1. The summed E-state index contributed by atoms with van der Waals surface area (Å²) in [6.45, 7) is 8.82. The van der Waals surface area contributed by atoms with Crippen LogP contribution in [0.1, 0.15) is 17.6 Å². The molecular weight excluding hydrogens is 180 g/mol. The summed E-state index contributed by atoms with van der Waals surface area (Å²) in [7, 11) is 0. The molecule has 0 spiro atoms. The molecule has 2 nitrogen and oxygen atoms in total. The fourth-order valence-electron chi connectivity index (χ4n) is 1.03. The van der Waals surface area contributed by atoms with Crippen LogP contribution in [0.5, 0.6) is 0 Å². The highest BCUT2D eigenvalue weighted by atomic mass is 32.1. The van der Waals surface area contributed by atoms with Gasteiger partial charge in [-0.05, 0) is 13.8 Å². The van der Waals surface area contributed by atoms with Crippen molar-refractivity contribution in [2.24, 2.45) is 0 Å². The predicted octanol–water partition coefficient (Wildman–Crippen LogP) is 2.16. The largest absolute Gasteiger partial charge is 0.310 e. The Kier molecular flexibility index (Phi) is 4.12. The molecule has 1 N–H and O–H groups in total. The molecular formula is C10H16N2S. The summed E-state index contributed by atoms with van der Waals surface area (Å²) in [6.07, 6.45) is 2.91. The van der Waals surface area contributed by atoms with Crippen LogP contribution < -0.4 is 5.32 Å². The first-order valence-electron chi connectivity index (χ1n) is 4.49. The fourth-order valence-corrected chi connectivity index (χ4v) is 1.68. The maximum absolute atomic E-state index is 4.39. The Morgan fingerprint density at radius 1 is 1.77 bits per heavy atom. The molecule has 0 aliphatic carbocycles. The van der Waals surface area contributed by atoms with Gasteiger partial charge in [-0.2, -0.15) is 0 Å². The number of nitrogens with zero attached hydrogens (tertiary/aromatic N) is 1. The Morgan fingerprint density at radius 3 is 3.08 bits per heavy atom. The minimum absolute atomic E-state index is 0.389. The molecule has 0 radical (unpaired) electrons. The molecule has 1 heterocycles. The van der Waals surface area contributed by atoms with Crippen LogP contribution in [0, 0.1) is 6.92 Å². The van der Waals surface area contributed by atoms with E-state index in [1.54, 1.807) is 11.3 Å². The second-order valence-corrected chi connectivity index (χ2v) is 4.15. The first-order chi connectivity index (χ1) is 6.22. The number of thiazole rings is 1. The van der Waals surface area contributed by atoms with Crippen LogP contribution in [0.3, 0.4) is 0 Å². The molecule has 0 fully saturated rings. The van der Waals surface area contributed by atoms with Crippen LogP contribution in [-0.4, -0.2) is 17.6 Å². The summed E-state index contributed by atoms with van der Waals surface area (Å²) in [4.78, 5) is 4.39. The van der Waals surface area contributed by atoms with Crippen molar-refractivity contribution in [2.45, 2.75) is 26.3 Å². The summed E-state index contributed by atoms with van der Waals surface area (Å²) in [5.41, 5.74) is 1.19. The van der Waals surface area contributed by atoms with Crippen molar-refractivity contribution in [1.29, 1.82) is 0 Å². The standard InChI is InChI=1S/C10H16N2S/c1-4-8(2)11-6-5-10-7-13-9(3)12-10/h4,7-8,11H,1,5-6H2,2-3H3. The zero-order chi connectivity index (χ0) is 9.68. The lowest BCUT2D eigenvalue weighted by Gasteiger charge is -2.06. The summed E-state index contributed by atoms with van der Waals surface area (Å²) in [5, 5.41) is 6.60. The fraction of sp³-hybridized carbons (Fsp3) is 0.500. The van der Waals surface area contributed by atoms with E-state index in [4.69, 9.17) is 0 Å². The second kappa shape index (κ2) is 5.14. The normalized spacial score (nSPS) is 12.8. The highest BCUT2D eigenvalue weighted by Gasteiger charge is 1.98. The van der Waals surface area contributed by atoms with Crippen molar-refractivity contribution in [3.63, 3.8) is 0 Å². The number of hydrogen-bond donors (Lipinski definition) is 1. The highest BCUT2D eigenvalue weighted by molar-refractivity contribution is 7.09. The summed E-state index contributed by atoms with van der Waals surface area (Å²) in [5.74, 6) is 0. The molecule has 0 saturated carbocycles. The lowest BCUT2D eigenvalue weighted by molar-refractivity contribution is 0.629. The van der Waals surface area contributed by atoms with E-state index in [0.29, 0.717) is 6.04 Å². The zero-order valence-electron chi connectivity index (χ0n) is 8.21. The minimum Gasteiger partial charge on any atom is -0.310 e. The highest BCUT2D eigenvalue weighted by Crippen LogP contribution is 2.07. The summed E-state index contributed by atoms with van der Waals surface area (Å²) >= 11 is 1.71. The van der Waals surface area contributed by atoms with Gasteiger partial charge in [0.15, 0.2) is 0 Å². The molecule has 1 rings (SSSR count). The van der Waals surface area contributed by atoms with Crippen LogP contribution in [0.15, 0.2) is 18.0 Å². The quantitative estimate of drug-likeness (QED) is 0.730. The van der Waals surface area contributed by atoms with Crippen molar-refractivity contribution in [1.82, 2.24) is 10.3 Å². The van der Waals surface area contributed by atoms with Gasteiger partial charge in [-0.25, -0.2) is 4.98 Å². The van der Waals surface area contributed by atoms with Crippen molar-refractivity contribution in [3.8, 4) is 0 Å². The maximum atomic E-state index is 4.39. The lowest BCUT2D eigenvalue weighted by atomic mass is 10.3. The van der Waals surface area contributed by atoms with E-state index < -0.39 is 0 Å². The predicted molar refractivity (Wildman–Crippen MR) is 58.2 cm³/mol. The van der Waals surface area contributed by atoms with Crippen LogP contribution in [0.2, 0.25) is 0 Å². The molecule has 1 aromatic rings. The van der Waals surface area contributed by atoms with Gasteiger partial charge >= 0.3 is 0 Å². The monoisotopic (exact) mass is 196 g/mol. The van der Waals surface area contributed by atoms with Crippen LogP contribution in [0.4, 0.5) is 0 Å². The van der Waals surface area contributed by atoms with Gasteiger partial charge in [0.05, 0.1) is 10.7 Å². The van der Waals surface area contributed by atoms with Gasteiger partial charge in [-0.3, -0.25) is 0 Å². The van der Waals surface area contributed by atoms with E-state index >= 15 is 0 Å². The molecule has 1 aromatic heterocycles. The van der Waals surface area contributed by atoms with E-state index in [0.717, 1.165) is 18.0 Å². The van der Waals surface area contributed by atoms with Gasteiger partial charge in [0.1, 0.15) is 0 Å². The smallest absolute Gasteiger partial charge is 0.0897 e. The third kappa shape index (κ3) is 3.70. The van der Waals surface area contributed by atoms with E-state index in [1.165, 1.54) is 5.69 Å². The third-order valence-electron chi connectivity index (χ3n) is 1.87. The molecule has 72 valence electrons. The molecule has 3 heteroatoms. The summed E-state index contributed by atoms with van der Waals surface area (Å²) < 4.78 is 0. The number of aromatic nitrogens is 1. The molecule has 1 unspecified atom stereocenters. The van der Waals surface area contributed by atoms with Crippen molar-refractivity contribution < 1.29 is 0 Å². The van der Waals surface area contributed by atoms with Gasteiger partial charge in [0.25, 0.3) is 0 Å². The second-order valence-electron chi connectivity index (χ2n) is 3.09. The minimum atomic E-state index is 0.389. The van der Waals surface area contributed by atoms with Crippen molar-refractivity contribution >= 4 is 11.3 Å². The van der Waals surface area contributed by atoms with E-state index in [9.17, 15) is 0 Å². The van der Waals surface area contributed by atoms with Crippen molar-refractivity contribution in [2.75, 3.05) is 6.54 Å². The Morgan fingerprint density at radius 2 is 2.54 bits per heavy atom. The molecule has 1 atom stereocenters. The molecule has 0 aliphatic heterocycles. The summed E-state index contributed by atoms with van der Waals surface area (Å²) in [6, 6.07) is 0.389. The first kappa shape index (κ1) is 10.4. The Labute approximate surface area is 83.7 Å². The molecule has 0 aliphatic rings. The molecule has 0 saturated heterocycles. The van der Waals surface area contributed by atoms with Gasteiger partial charge in [0, 0.05) is 24.4 Å². The van der Waals surface area contributed by atoms with Crippen LogP contribution in [0.25, 0.3) is 0 Å². The van der Waals surface area contributed by atoms with Crippen LogP contribution >= 0.6 is 11.3 Å². The number of aryl methyl sites for hydroxylation is 1. The Bertz CT molecular complexity index is 268. The maximum Gasteiger partial charge on any atom is 0.0897 e. The van der Waals surface area contributed by atoms with E-state index in [2.05, 4.69) is 29.2 Å². The molecule has 0 aromatic carbocycles. The number of hydrogen-bond acceptors (Lipinski definition) is 3. The van der Waals surface area contributed by atoms with Gasteiger partial charge in [-0.1, -0.05) is 6.08 Å². The number of rotatable bonds is 5. The third-order valence-corrected chi connectivity index (χ3v) is 2.69. The average Bonchev–Trinajstić information content (AvgIpc) is 2.51. The van der Waals surface area contributed by atoms with Gasteiger partial charge in [-0.15, -0.1) is 17.9 Å². The van der Waals surface area contributed by atoms with Gasteiger partial charge < -0.3 is 5.32 Å². The van der Waals surface area contributed by atoms with E-state index in [1.807, 2.05) is 13.0 Å². The van der Waals surface area contributed by atoms with Crippen molar-refractivity contribution in [3.05, 3.63) is 28.7 Å².